The van der Waals surface area contributed by atoms with Crippen molar-refractivity contribution in [3.8, 4) is 0 Å². The fraction of sp³-hybridized carbons (Fsp3) is 0.286. The smallest absolute Gasteiger partial charge is 0.313 e. The normalized spacial score (nSPS) is 9.70. The van der Waals surface area contributed by atoms with E-state index in [0.717, 1.165) is 6.21 Å². The first-order valence-electron chi connectivity index (χ1n) is 6.08. The number of nitrogens with one attached hydrogen (secondary N) is 2. The Morgan fingerprint density at radius 1 is 1.35 bits per heavy atom. The van der Waals surface area contributed by atoms with Gasteiger partial charge >= 0.3 is 5.97 Å². The van der Waals surface area contributed by atoms with E-state index in [1.54, 1.807) is 6.92 Å². The van der Waals surface area contributed by atoms with Crippen LogP contribution in [0.4, 0.5) is 5.69 Å². The van der Waals surface area contributed by atoms with Gasteiger partial charge < -0.3 is 15.5 Å². The summed E-state index contributed by atoms with van der Waals surface area (Å²) in [5.41, 5.74) is 1.14. The van der Waals surface area contributed by atoms with Gasteiger partial charge in [-0.1, -0.05) is 0 Å². The highest BCUT2D eigenvalue weighted by atomic mass is 16.5. The largest absolute Gasteiger partial charge is 0.466 e. The van der Waals surface area contributed by atoms with Gasteiger partial charge in [-0.15, -0.1) is 0 Å². The Morgan fingerprint density at radius 3 is 2.60 bits per heavy atom. The molecule has 0 spiro atoms. The number of Topliss-reactive ketones (excluding diaryl/α,β-unsaturated/α-hetero) is 1. The van der Waals surface area contributed by atoms with Crippen LogP contribution >= 0.6 is 0 Å². The molecule has 0 saturated heterocycles. The molecule has 0 aliphatic carbocycles. The molecule has 20 heavy (non-hydrogen) atoms. The molecule has 0 heterocycles. The number of hydrogen-bond donors (Lipinski definition) is 2. The van der Waals surface area contributed by atoms with Crippen molar-refractivity contribution in [2.75, 3.05) is 11.9 Å². The molecule has 0 radical (unpaired) electrons. The zero-order valence-electron chi connectivity index (χ0n) is 11.4. The zero-order valence-corrected chi connectivity index (χ0v) is 11.4. The van der Waals surface area contributed by atoms with E-state index in [4.69, 9.17) is 10.1 Å². The topological polar surface area (TPSA) is 96.3 Å². The molecule has 1 amide bonds. The number of carbonyl (C=O) groups is 3. The summed E-state index contributed by atoms with van der Waals surface area (Å²) in [5, 5.41) is 9.85. The van der Waals surface area contributed by atoms with Gasteiger partial charge in [0, 0.05) is 30.0 Å². The molecular formula is C14H16N2O4. The Bertz CT molecular complexity index is 552. The Hall–Kier alpha value is -2.50. The Kier molecular flexibility index (Phi) is 5.58. The van der Waals surface area contributed by atoms with Crippen LogP contribution in [0.2, 0.25) is 0 Å². The molecule has 1 aromatic carbocycles. The second-order valence-electron chi connectivity index (χ2n) is 4.03. The maximum Gasteiger partial charge on any atom is 0.313 e. The van der Waals surface area contributed by atoms with Crippen LogP contribution in [0, 0.1) is 5.41 Å². The second-order valence-corrected chi connectivity index (χ2v) is 4.03. The first-order valence-corrected chi connectivity index (χ1v) is 6.08. The summed E-state index contributed by atoms with van der Waals surface area (Å²) < 4.78 is 4.71. The Balaban J connectivity index is 2.92. The Labute approximate surface area is 116 Å². The number of hydrogen-bond acceptors (Lipinski definition) is 5. The highest BCUT2D eigenvalue weighted by Crippen LogP contribution is 2.17. The van der Waals surface area contributed by atoms with Crippen molar-refractivity contribution >= 4 is 29.6 Å². The van der Waals surface area contributed by atoms with Gasteiger partial charge in [-0.2, -0.15) is 0 Å². The van der Waals surface area contributed by atoms with E-state index in [1.165, 1.54) is 25.1 Å². The summed E-state index contributed by atoms with van der Waals surface area (Å²) in [7, 11) is 0. The number of benzene rings is 1. The van der Waals surface area contributed by atoms with Crippen molar-refractivity contribution < 1.29 is 19.1 Å². The van der Waals surface area contributed by atoms with Gasteiger partial charge in [0.05, 0.1) is 6.61 Å². The summed E-state index contributed by atoms with van der Waals surface area (Å²) >= 11 is 0. The number of esters is 1. The molecule has 0 saturated carbocycles. The van der Waals surface area contributed by atoms with E-state index >= 15 is 0 Å². The maximum absolute atomic E-state index is 11.9. The number of ether oxygens (including phenoxy) is 1. The quantitative estimate of drug-likeness (QED) is 0.358. The fourth-order valence-electron chi connectivity index (χ4n) is 1.60. The lowest BCUT2D eigenvalue weighted by Gasteiger charge is -2.08. The summed E-state index contributed by atoms with van der Waals surface area (Å²) in [6.45, 7) is 3.24. The molecule has 0 aliphatic heterocycles. The minimum Gasteiger partial charge on any atom is -0.466 e. The molecule has 0 aromatic heterocycles. The maximum atomic E-state index is 11.9. The number of carbonyl (C=O) groups excluding carboxylic acids is 3. The van der Waals surface area contributed by atoms with Crippen LogP contribution in [0.25, 0.3) is 0 Å². The van der Waals surface area contributed by atoms with Crippen LogP contribution in [0.5, 0.6) is 0 Å². The summed E-state index contributed by atoms with van der Waals surface area (Å²) in [5.74, 6) is -1.24. The summed E-state index contributed by atoms with van der Waals surface area (Å²) in [4.78, 5) is 34.1. The fourth-order valence-corrected chi connectivity index (χ4v) is 1.60. The molecule has 1 rings (SSSR count). The highest BCUT2D eigenvalue weighted by Gasteiger charge is 2.14. The van der Waals surface area contributed by atoms with Crippen LogP contribution in [-0.4, -0.2) is 30.5 Å². The molecule has 6 nitrogen and oxygen atoms in total. The van der Waals surface area contributed by atoms with Crippen molar-refractivity contribution in [1.29, 1.82) is 5.41 Å². The van der Waals surface area contributed by atoms with Crippen molar-refractivity contribution in [1.82, 2.24) is 0 Å². The van der Waals surface area contributed by atoms with Crippen LogP contribution in [0.15, 0.2) is 18.2 Å². The van der Waals surface area contributed by atoms with Gasteiger partial charge in [0.25, 0.3) is 0 Å². The number of ketones is 1. The molecule has 1 aromatic rings. The van der Waals surface area contributed by atoms with Crippen molar-refractivity contribution in [2.45, 2.75) is 20.3 Å². The molecule has 0 atom stereocenters. The minimum absolute atomic E-state index is 0.222. The van der Waals surface area contributed by atoms with Gasteiger partial charge in [-0.25, -0.2) is 0 Å². The highest BCUT2D eigenvalue weighted by molar-refractivity contribution is 6.07. The molecule has 0 fully saturated rings. The van der Waals surface area contributed by atoms with Gasteiger partial charge in [0.2, 0.25) is 5.91 Å². The van der Waals surface area contributed by atoms with Crippen molar-refractivity contribution in [3.63, 3.8) is 0 Å². The molecule has 0 aliphatic rings. The third kappa shape index (κ3) is 4.31. The van der Waals surface area contributed by atoms with E-state index in [9.17, 15) is 14.4 Å². The van der Waals surface area contributed by atoms with Crippen LogP contribution in [0.3, 0.4) is 0 Å². The SMILES string of the molecule is CCOC(=O)CC(=O)c1ccc(NC(C)=O)c(C=N)c1. The predicted molar refractivity (Wildman–Crippen MR) is 74.2 cm³/mol. The van der Waals surface area contributed by atoms with Gasteiger partial charge in [0.1, 0.15) is 6.42 Å². The summed E-state index contributed by atoms with van der Waals surface area (Å²) in [6, 6.07) is 4.49. The molecule has 0 unspecified atom stereocenters. The monoisotopic (exact) mass is 276 g/mol. The molecule has 6 heteroatoms. The second kappa shape index (κ2) is 7.18. The minimum atomic E-state index is -0.583. The lowest BCUT2D eigenvalue weighted by atomic mass is 10.0. The van der Waals surface area contributed by atoms with E-state index in [1.807, 2.05) is 0 Å². The van der Waals surface area contributed by atoms with Gasteiger partial charge in [-0.05, 0) is 25.1 Å². The third-order valence-electron chi connectivity index (χ3n) is 2.45. The standard InChI is InChI=1S/C14H16N2O4/c1-3-20-14(19)7-13(18)10-4-5-12(16-9(2)17)11(6-10)8-15/h4-6,8,15H,3,7H2,1-2H3,(H,16,17). The third-order valence-corrected chi connectivity index (χ3v) is 2.45. The van der Waals surface area contributed by atoms with Crippen LogP contribution < -0.4 is 5.32 Å². The molecular weight excluding hydrogens is 260 g/mol. The van der Waals surface area contributed by atoms with Gasteiger partial charge in [0.15, 0.2) is 5.78 Å². The van der Waals surface area contributed by atoms with Crippen molar-refractivity contribution in [3.05, 3.63) is 29.3 Å². The lowest BCUT2D eigenvalue weighted by molar-refractivity contribution is -0.142. The first-order chi connectivity index (χ1) is 9.47. The van der Waals surface area contributed by atoms with E-state index in [-0.39, 0.29) is 24.7 Å². The average Bonchev–Trinajstić information content (AvgIpc) is 2.38. The van der Waals surface area contributed by atoms with Crippen LogP contribution in [-0.2, 0) is 14.3 Å². The van der Waals surface area contributed by atoms with Crippen LogP contribution in [0.1, 0.15) is 36.2 Å². The molecule has 0 bridgehead atoms. The Morgan fingerprint density at radius 2 is 2.05 bits per heavy atom. The molecule has 2 N–H and O–H groups in total. The molecule has 106 valence electrons. The number of rotatable bonds is 6. The van der Waals surface area contributed by atoms with E-state index < -0.39 is 5.97 Å². The number of amides is 1. The first kappa shape index (κ1) is 15.6. The summed E-state index contributed by atoms with van der Waals surface area (Å²) in [6.07, 6.45) is 0.692. The van der Waals surface area contributed by atoms with Gasteiger partial charge in [-0.3, -0.25) is 14.4 Å². The van der Waals surface area contributed by atoms with E-state index in [2.05, 4.69) is 5.32 Å². The zero-order chi connectivity index (χ0) is 15.1. The average molecular weight is 276 g/mol. The predicted octanol–water partition coefficient (Wildman–Crippen LogP) is 1.78. The van der Waals surface area contributed by atoms with E-state index in [0.29, 0.717) is 16.8 Å². The lowest BCUT2D eigenvalue weighted by Crippen LogP contribution is -2.13. The van der Waals surface area contributed by atoms with Crippen molar-refractivity contribution in [2.24, 2.45) is 0 Å². The number of anilines is 1.